The summed E-state index contributed by atoms with van der Waals surface area (Å²) in [5, 5.41) is 0. The van der Waals surface area contributed by atoms with Gasteiger partial charge in [0.25, 0.3) is 11.8 Å². The molecule has 4 nitrogen and oxygen atoms in total. The van der Waals surface area contributed by atoms with Crippen molar-refractivity contribution in [1.82, 2.24) is 4.90 Å². The molecule has 1 aliphatic heterocycles. The summed E-state index contributed by atoms with van der Waals surface area (Å²) >= 11 is 0. The lowest BCUT2D eigenvalue weighted by Crippen LogP contribution is -2.42. The van der Waals surface area contributed by atoms with Gasteiger partial charge in [-0.25, -0.2) is 4.90 Å². The first-order chi connectivity index (χ1) is 12.1. The molecule has 0 spiro atoms. The first-order valence-corrected chi connectivity index (χ1v) is 8.57. The predicted molar refractivity (Wildman–Crippen MR) is 100 cm³/mol. The van der Waals surface area contributed by atoms with Crippen LogP contribution in [-0.2, 0) is 4.79 Å². The Labute approximate surface area is 148 Å². The normalized spacial score (nSPS) is 15.5. The summed E-state index contributed by atoms with van der Waals surface area (Å²) in [7, 11) is 0. The van der Waals surface area contributed by atoms with Crippen LogP contribution in [0.5, 0.6) is 0 Å². The second-order valence-electron chi connectivity index (χ2n) is 6.09. The van der Waals surface area contributed by atoms with Gasteiger partial charge in [0, 0.05) is 30.4 Å². The van der Waals surface area contributed by atoms with Crippen LogP contribution in [0.15, 0.2) is 54.7 Å². The minimum absolute atomic E-state index is 0.277. The first kappa shape index (κ1) is 17.0. The van der Waals surface area contributed by atoms with Crippen LogP contribution in [0.4, 0.5) is 5.69 Å². The molecule has 0 atom stereocenters. The van der Waals surface area contributed by atoms with Crippen LogP contribution >= 0.6 is 0 Å². The average Bonchev–Trinajstić information content (AvgIpc) is 2.63. The Hall–Kier alpha value is -2.88. The van der Waals surface area contributed by atoms with Crippen molar-refractivity contribution in [2.24, 2.45) is 0 Å². The Kier molecular flexibility index (Phi) is 4.70. The van der Waals surface area contributed by atoms with E-state index in [0.29, 0.717) is 22.4 Å². The maximum absolute atomic E-state index is 13.2. The van der Waals surface area contributed by atoms with Crippen molar-refractivity contribution >= 4 is 23.1 Å². The molecular formula is C21H22N2O2. The predicted octanol–water partition coefficient (Wildman–Crippen LogP) is 3.86. The molecule has 3 rings (SSSR count). The summed E-state index contributed by atoms with van der Waals surface area (Å²) in [4.78, 5) is 29.4. The monoisotopic (exact) mass is 334 g/mol. The SMILES string of the molecule is CCN(C=C1C(=O)N(c2ccc(C)cc2)C(=O)c2ccccc21)CC. The van der Waals surface area contributed by atoms with Crippen LogP contribution in [0.25, 0.3) is 5.57 Å². The van der Waals surface area contributed by atoms with Gasteiger partial charge in [-0.05, 0) is 39.0 Å². The van der Waals surface area contributed by atoms with Gasteiger partial charge in [-0.2, -0.15) is 0 Å². The Balaban J connectivity index is 2.16. The Bertz CT molecular complexity index is 833. The molecule has 128 valence electrons. The molecule has 0 bridgehead atoms. The van der Waals surface area contributed by atoms with E-state index < -0.39 is 0 Å². The van der Waals surface area contributed by atoms with Crippen molar-refractivity contribution in [3.8, 4) is 0 Å². The van der Waals surface area contributed by atoms with E-state index in [9.17, 15) is 9.59 Å². The molecule has 1 heterocycles. The molecule has 0 aliphatic carbocycles. The van der Waals surface area contributed by atoms with E-state index in [1.165, 1.54) is 4.90 Å². The largest absolute Gasteiger partial charge is 0.377 e. The van der Waals surface area contributed by atoms with E-state index >= 15 is 0 Å². The van der Waals surface area contributed by atoms with Crippen molar-refractivity contribution in [1.29, 1.82) is 0 Å². The van der Waals surface area contributed by atoms with E-state index in [4.69, 9.17) is 0 Å². The van der Waals surface area contributed by atoms with Crippen molar-refractivity contribution in [3.05, 3.63) is 71.4 Å². The van der Waals surface area contributed by atoms with Crippen LogP contribution in [-0.4, -0.2) is 29.8 Å². The number of amides is 2. The zero-order valence-corrected chi connectivity index (χ0v) is 14.8. The average molecular weight is 334 g/mol. The van der Waals surface area contributed by atoms with Gasteiger partial charge < -0.3 is 4.90 Å². The maximum atomic E-state index is 13.2. The quantitative estimate of drug-likeness (QED) is 0.629. The van der Waals surface area contributed by atoms with Gasteiger partial charge in [0.15, 0.2) is 0 Å². The molecule has 1 aliphatic rings. The number of fused-ring (bicyclic) bond motifs is 1. The summed E-state index contributed by atoms with van der Waals surface area (Å²) in [6.45, 7) is 7.66. The number of benzene rings is 2. The zero-order chi connectivity index (χ0) is 18.0. The molecule has 25 heavy (non-hydrogen) atoms. The van der Waals surface area contributed by atoms with E-state index in [1.54, 1.807) is 6.07 Å². The van der Waals surface area contributed by atoms with Crippen molar-refractivity contribution < 1.29 is 9.59 Å². The fourth-order valence-electron chi connectivity index (χ4n) is 2.99. The van der Waals surface area contributed by atoms with Crippen LogP contribution in [0.1, 0.15) is 35.3 Å². The molecule has 2 amide bonds. The topological polar surface area (TPSA) is 40.6 Å². The molecule has 0 unspecified atom stereocenters. The molecule has 0 aromatic heterocycles. The number of hydrogen-bond acceptors (Lipinski definition) is 3. The standard InChI is InChI=1S/C21H22N2O2/c1-4-22(5-2)14-19-17-8-6-7-9-18(17)20(24)23(21(19)25)16-12-10-15(3)11-13-16/h6-14H,4-5H2,1-3H3. The summed E-state index contributed by atoms with van der Waals surface area (Å²) in [5.41, 5.74) is 3.49. The lowest BCUT2D eigenvalue weighted by molar-refractivity contribution is -0.112. The first-order valence-electron chi connectivity index (χ1n) is 8.57. The minimum Gasteiger partial charge on any atom is -0.377 e. The van der Waals surface area contributed by atoms with Crippen LogP contribution < -0.4 is 4.90 Å². The number of imide groups is 1. The molecule has 0 N–H and O–H groups in total. The number of aryl methyl sites for hydroxylation is 1. The Morgan fingerprint density at radius 3 is 2.08 bits per heavy atom. The number of hydrogen-bond donors (Lipinski definition) is 0. The number of anilines is 1. The minimum atomic E-state index is -0.278. The van der Waals surface area contributed by atoms with Crippen LogP contribution in [0, 0.1) is 6.92 Å². The van der Waals surface area contributed by atoms with Gasteiger partial charge in [-0.3, -0.25) is 9.59 Å². The van der Waals surface area contributed by atoms with Gasteiger partial charge in [-0.1, -0.05) is 35.9 Å². The third kappa shape index (κ3) is 3.07. The second-order valence-corrected chi connectivity index (χ2v) is 6.09. The Morgan fingerprint density at radius 2 is 1.48 bits per heavy atom. The van der Waals surface area contributed by atoms with E-state index in [-0.39, 0.29) is 11.8 Å². The number of carbonyl (C=O) groups excluding carboxylic acids is 2. The van der Waals surface area contributed by atoms with Crippen molar-refractivity contribution in [2.75, 3.05) is 18.0 Å². The summed E-state index contributed by atoms with van der Waals surface area (Å²) < 4.78 is 0. The second kappa shape index (κ2) is 6.93. The van der Waals surface area contributed by atoms with Crippen LogP contribution in [0.2, 0.25) is 0 Å². The highest BCUT2D eigenvalue weighted by molar-refractivity contribution is 6.41. The van der Waals surface area contributed by atoms with Gasteiger partial charge in [0.2, 0.25) is 0 Å². The third-order valence-corrected chi connectivity index (χ3v) is 4.50. The fourth-order valence-corrected chi connectivity index (χ4v) is 2.99. The molecule has 0 radical (unpaired) electrons. The fraction of sp³-hybridized carbons (Fsp3) is 0.238. The number of carbonyl (C=O) groups is 2. The lowest BCUT2D eigenvalue weighted by atomic mass is 9.93. The smallest absolute Gasteiger partial charge is 0.267 e. The van der Waals surface area contributed by atoms with Crippen molar-refractivity contribution in [2.45, 2.75) is 20.8 Å². The highest BCUT2D eigenvalue weighted by atomic mass is 16.2. The maximum Gasteiger partial charge on any atom is 0.267 e. The summed E-state index contributed by atoms with van der Waals surface area (Å²) in [6, 6.07) is 14.7. The van der Waals surface area contributed by atoms with Gasteiger partial charge in [-0.15, -0.1) is 0 Å². The third-order valence-electron chi connectivity index (χ3n) is 4.50. The molecule has 4 heteroatoms. The molecule has 2 aromatic carbocycles. The summed E-state index contributed by atoms with van der Waals surface area (Å²) in [5.74, 6) is -0.555. The van der Waals surface area contributed by atoms with E-state index in [2.05, 4.69) is 4.90 Å². The molecule has 0 saturated heterocycles. The lowest BCUT2D eigenvalue weighted by Gasteiger charge is -2.30. The summed E-state index contributed by atoms with van der Waals surface area (Å²) in [6.07, 6.45) is 1.87. The number of rotatable bonds is 4. The highest BCUT2D eigenvalue weighted by Gasteiger charge is 2.35. The van der Waals surface area contributed by atoms with E-state index in [1.807, 2.05) is 69.4 Å². The molecule has 0 saturated carbocycles. The van der Waals surface area contributed by atoms with Gasteiger partial charge in [0.1, 0.15) is 0 Å². The van der Waals surface area contributed by atoms with Crippen LogP contribution in [0.3, 0.4) is 0 Å². The highest BCUT2D eigenvalue weighted by Crippen LogP contribution is 2.32. The van der Waals surface area contributed by atoms with E-state index in [0.717, 1.165) is 18.7 Å². The Morgan fingerprint density at radius 1 is 0.880 bits per heavy atom. The van der Waals surface area contributed by atoms with Gasteiger partial charge >= 0.3 is 0 Å². The van der Waals surface area contributed by atoms with Crippen molar-refractivity contribution in [3.63, 3.8) is 0 Å². The molecular weight excluding hydrogens is 312 g/mol. The molecule has 0 fully saturated rings. The van der Waals surface area contributed by atoms with Gasteiger partial charge in [0.05, 0.1) is 11.3 Å². The number of nitrogens with zero attached hydrogens (tertiary/aromatic N) is 2. The zero-order valence-electron chi connectivity index (χ0n) is 14.8. The molecule has 2 aromatic rings.